The molecule has 0 heterocycles. The highest BCUT2D eigenvalue weighted by molar-refractivity contribution is 5.76. The number of nitrogens with one attached hydrogen (secondary N) is 1. The molecular weight excluding hydrogens is 190 g/mol. The van der Waals surface area contributed by atoms with Gasteiger partial charge in [-0.15, -0.1) is 0 Å². The van der Waals surface area contributed by atoms with E-state index in [1.54, 1.807) is 12.1 Å². The summed E-state index contributed by atoms with van der Waals surface area (Å²) in [6.07, 6.45) is 3.07. The lowest BCUT2D eigenvalue weighted by Crippen LogP contribution is -2.22. The van der Waals surface area contributed by atoms with Crippen molar-refractivity contribution in [2.24, 2.45) is 5.92 Å². The standard InChI is InChI=1S/C12H15NO2/c14-11-5-3-10(4-6-11)8-13-12(15)7-9-1-2-9/h3-6,9,14H,1-2,7-8H2,(H,13,15). The number of rotatable bonds is 4. The molecule has 1 saturated carbocycles. The summed E-state index contributed by atoms with van der Waals surface area (Å²) in [7, 11) is 0. The third kappa shape index (κ3) is 3.27. The van der Waals surface area contributed by atoms with Crippen molar-refractivity contribution in [3.63, 3.8) is 0 Å². The number of benzene rings is 1. The van der Waals surface area contributed by atoms with Gasteiger partial charge in [0.15, 0.2) is 0 Å². The fourth-order valence-electron chi connectivity index (χ4n) is 1.47. The van der Waals surface area contributed by atoms with Crippen LogP contribution in [-0.2, 0) is 11.3 Å². The van der Waals surface area contributed by atoms with Crippen LogP contribution in [-0.4, -0.2) is 11.0 Å². The van der Waals surface area contributed by atoms with E-state index < -0.39 is 0 Å². The van der Waals surface area contributed by atoms with E-state index in [0.717, 1.165) is 5.56 Å². The first-order valence-corrected chi connectivity index (χ1v) is 5.28. The van der Waals surface area contributed by atoms with Gasteiger partial charge in [0.1, 0.15) is 5.75 Å². The molecule has 1 aromatic rings. The molecule has 0 aromatic heterocycles. The fourth-order valence-corrected chi connectivity index (χ4v) is 1.47. The van der Waals surface area contributed by atoms with Gasteiger partial charge in [-0.1, -0.05) is 12.1 Å². The zero-order valence-corrected chi connectivity index (χ0v) is 8.57. The largest absolute Gasteiger partial charge is 0.508 e. The van der Waals surface area contributed by atoms with Crippen LogP contribution in [0.15, 0.2) is 24.3 Å². The summed E-state index contributed by atoms with van der Waals surface area (Å²) in [5, 5.41) is 11.9. The Balaban J connectivity index is 1.76. The minimum Gasteiger partial charge on any atom is -0.508 e. The summed E-state index contributed by atoms with van der Waals surface area (Å²) in [6.45, 7) is 0.547. The second kappa shape index (κ2) is 4.34. The molecule has 2 rings (SSSR count). The van der Waals surface area contributed by atoms with Crippen LogP contribution < -0.4 is 5.32 Å². The molecule has 80 valence electrons. The number of phenolic OH excluding ortho intramolecular Hbond substituents is 1. The summed E-state index contributed by atoms with van der Waals surface area (Å²) in [6, 6.07) is 6.88. The van der Waals surface area contributed by atoms with E-state index in [2.05, 4.69) is 5.32 Å². The summed E-state index contributed by atoms with van der Waals surface area (Å²) in [5.74, 6) is 1.01. The van der Waals surface area contributed by atoms with Crippen molar-refractivity contribution in [1.29, 1.82) is 0 Å². The molecule has 0 saturated heterocycles. The van der Waals surface area contributed by atoms with Gasteiger partial charge in [-0.05, 0) is 36.5 Å². The Kier molecular flexibility index (Phi) is 2.90. The number of carbonyl (C=O) groups is 1. The average molecular weight is 205 g/mol. The summed E-state index contributed by atoms with van der Waals surface area (Å²) < 4.78 is 0. The van der Waals surface area contributed by atoms with Gasteiger partial charge in [-0.2, -0.15) is 0 Å². The molecule has 1 fully saturated rings. The number of hydrogen-bond acceptors (Lipinski definition) is 2. The third-order valence-electron chi connectivity index (χ3n) is 2.60. The Morgan fingerprint density at radius 3 is 2.60 bits per heavy atom. The molecule has 3 heteroatoms. The summed E-state index contributed by atoms with van der Waals surface area (Å²) in [4.78, 5) is 11.4. The van der Waals surface area contributed by atoms with Gasteiger partial charge in [0.05, 0.1) is 0 Å². The number of carbonyl (C=O) groups excluding carboxylic acids is 1. The van der Waals surface area contributed by atoms with Crippen LogP contribution in [0.4, 0.5) is 0 Å². The maximum atomic E-state index is 11.4. The molecule has 2 N–H and O–H groups in total. The number of phenols is 1. The van der Waals surface area contributed by atoms with Crippen LogP contribution in [0.2, 0.25) is 0 Å². The number of hydrogen-bond donors (Lipinski definition) is 2. The SMILES string of the molecule is O=C(CC1CC1)NCc1ccc(O)cc1. The molecule has 1 aromatic carbocycles. The van der Waals surface area contributed by atoms with E-state index in [4.69, 9.17) is 5.11 Å². The van der Waals surface area contributed by atoms with Crippen molar-refractivity contribution < 1.29 is 9.90 Å². The normalized spacial score (nSPS) is 14.9. The molecule has 1 aliphatic carbocycles. The third-order valence-corrected chi connectivity index (χ3v) is 2.60. The maximum Gasteiger partial charge on any atom is 0.220 e. The molecule has 0 atom stereocenters. The Bertz CT molecular complexity index is 341. The van der Waals surface area contributed by atoms with Crippen LogP contribution in [0.25, 0.3) is 0 Å². The molecular formula is C12H15NO2. The first kappa shape index (κ1) is 10.0. The molecule has 1 amide bonds. The van der Waals surface area contributed by atoms with Crippen LogP contribution in [0.3, 0.4) is 0 Å². The lowest BCUT2D eigenvalue weighted by atomic mass is 10.2. The fraction of sp³-hybridized carbons (Fsp3) is 0.417. The monoisotopic (exact) mass is 205 g/mol. The van der Waals surface area contributed by atoms with Crippen LogP contribution in [0, 0.1) is 5.92 Å². The van der Waals surface area contributed by atoms with Gasteiger partial charge in [-0.3, -0.25) is 4.79 Å². The predicted molar refractivity (Wildman–Crippen MR) is 57.3 cm³/mol. The Morgan fingerprint density at radius 1 is 1.33 bits per heavy atom. The zero-order valence-electron chi connectivity index (χ0n) is 8.57. The topological polar surface area (TPSA) is 49.3 Å². The Labute approximate surface area is 89.1 Å². The van der Waals surface area contributed by atoms with E-state index in [9.17, 15) is 4.79 Å². The smallest absolute Gasteiger partial charge is 0.220 e. The number of amides is 1. The Morgan fingerprint density at radius 2 is 2.00 bits per heavy atom. The zero-order chi connectivity index (χ0) is 10.7. The second-order valence-electron chi connectivity index (χ2n) is 4.09. The van der Waals surface area contributed by atoms with Crippen molar-refractivity contribution in [3.05, 3.63) is 29.8 Å². The molecule has 0 bridgehead atoms. The van der Waals surface area contributed by atoms with Gasteiger partial charge in [0, 0.05) is 13.0 Å². The van der Waals surface area contributed by atoms with E-state index in [0.29, 0.717) is 18.9 Å². The molecule has 0 aliphatic heterocycles. The van der Waals surface area contributed by atoms with Crippen LogP contribution >= 0.6 is 0 Å². The predicted octanol–water partition coefficient (Wildman–Crippen LogP) is 1.81. The van der Waals surface area contributed by atoms with Gasteiger partial charge in [0.25, 0.3) is 0 Å². The lowest BCUT2D eigenvalue weighted by molar-refractivity contribution is -0.121. The van der Waals surface area contributed by atoms with Gasteiger partial charge in [0.2, 0.25) is 5.91 Å². The van der Waals surface area contributed by atoms with E-state index >= 15 is 0 Å². The lowest BCUT2D eigenvalue weighted by Gasteiger charge is -2.04. The first-order valence-electron chi connectivity index (χ1n) is 5.28. The van der Waals surface area contributed by atoms with Gasteiger partial charge < -0.3 is 10.4 Å². The van der Waals surface area contributed by atoms with Crippen LogP contribution in [0.1, 0.15) is 24.8 Å². The van der Waals surface area contributed by atoms with Crippen molar-refractivity contribution in [2.45, 2.75) is 25.8 Å². The minimum absolute atomic E-state index is 0.130. The highest BCUT2D eigenvalue weighted by Gasteiger charge is 2.23. The first-order chi connectivity index (χ1) is 7.24. The van der Waals surface area contributed by atoms with Crippen molar-refractivity contribution >= 4 is 5.91 Å². The second-order valence-corrected chi connectivity index (χ2v) is 4.09. The minimum atomic E-state index is 0.130. The molecule has 0 radical (unpaired) electrons. The molecule has 0 spiro atoms. The summed E-state index contributed by atoms with van der Waals surface area (Å²) in [5.41, 5.74) is 1.01. The highest BCUT2D eigenvalue weighted by atomic mass is 16.3. The van der Waals surface area contributed by atoms with Crippen molar-refractivity contribution in [3.8, 4) is 5.75 Å². The molecule has 1 aliphatic rings. The number of aromatic hydroxyl groups is 1. The van der Waals surface area contributed by atoms with Gasteiger partial charge >= 0.3 is 0 Å². The maximum absolute atomic E-state index is 11.4. The van der Waals surface area contributed by atoms with Gasteiger partial charge in [-0.25, -0.2) is 0 Å². The van der Waals surface area contributed by atoms with E-state index in [1.165, 1.54) is 12.8 Å². The molecule has 3 nitrogen and oxygen atoms in total. The van der Waals surface area contributed by atoms with Crippen LogP contribution in [0.5, 0.6) is 5.75 Å². The quantitative estimate of drug-likeness (QED) is 0.787. The Hall–Kier alpha value is -1.51. The molecule has 0 unspecified atom stereocenters. The van der Waals surface area contributed by atoms with Crippen molar-refractivity contribution in [2.75, 3.05) is 0 Å². The summed E-state index contributed by atoms with van der Waals surface area (Å²) >= 11 is 0. The van der Waals surface area contributed by atoms with E-state index in [1.807, 2.05) is 12.1 Å². The molecule has 15 heavy (non-hydrogen) atoms. The van der Waals surface area contributed by atoms with Crippen molar-refractivity contribution in [1.82, 2.24) is 5.32 Å². The highest BCUT2D eigenvalue weighted by Crippen LogP contribution is 2.32. The average Bonchev–Trinajstić information content (AvgIpc) is 3.01. The van der Waals surface area contributed by atoms with E-state index in [-0.39, 0.29) is 11.7 Å².